The van der Waals surface area contributed by atoms with E-state index in [0.717, 1.165) is 11.5 Å². The highest BCUT2D eigenvalue weighted by Gasteiger charge is 2.16. The summed E-state index contributed by atoms with van der Waals surface area (Å²) in [5.74, 6) is 3.19. The second-order valence-corrected chi connectivity index (χ2v) is 6.75. The average Bonchev–Trinajstić information content (AvgIpc) is 3.19. The number of rotatable bonds is 10. The number of aryl methyl sites for hydroxylation is 1. The van der Waals surface area contributed by atoms with Gasteiger partial charge in [0.1, 0.15) is 30.5 Å². The predicted molar refractivity (Wildman–Crippen MR) is 114 cm³/mol. The van der Waals surface area contributed by atoms with Crippen LogP contribution in [0.3, 0.4) is 0 Å². The molecule has 30 heavy (non-hydrogen) atoms. The van der Waals surface area contributed by atoms with Gasteiger partial charge in [-0.3, -0.25) is 4.79 Å². The third kappa shape index (κ3) is 5.80. The molecule has 1 heterocycles. The number of hydrogen-bond donors (Lipinski definition) is 1. The second kappa shape index (κ2) is 10.4. The van der Waals surface area contributed by atoms with Gasteiger partial charge < -0.3 is 23.9 Å². The Morgan fingerprint density at radius 3 is 2.43 bits per heavy atom. The summed E-state index contributed by atoms with van der Waals surface area (Å²) < 4.78 is 22.7. The Kier molecular flexibility index (Phi) is 7.38. The van der Waals surface area contributed by atoms with Crippen LogP contribution in [0.5, 0.6) is 17.2 Å². The van der Waals surface area contributed by atoms with Crippen molar-refractivity contribution in [2.75, 3.05) is 19.8 Å². The van der Waals surface area contributed by atoms with Crippen LogP contribution < -0.4 is 19.5 Å². The monoisotopic (exact) mass is 409 g/mol. The van der Waals surface area contributed by atoms with Crippen molar-refractivity contribution in [3.63, 3.8) is 0 Å². The minimum atomic E-state index is -0.243. The molecule has 0 saturated heterocycles. The number of carbonyl (C=O) groups is 1. The van der Waals surface area contributed by atoms with Gasteiger partial charge in [0.25, 0.3) is 5.91 Å². The Balaban J connectivity index is 1.60. The molecule has 0 fully saturated rings. The van der Waals surface area contributed by atoms with Gasteiger partial charge in [-0.05, 0) is 63.2 Å². The largest absolute Gasteiger partial charge is 0.490 e. The van der Waals surface area contributed by atoms with Crippen LogP contribution in [0.1, 0.15) is 41.8 Å². The lowest BCUT2D eigenvalue weighted by molar-refractivity contribution is 0.0934. The molecule has 1 aromatic heterocycles. The topological polar surface area (TPSA) is 69.9 Å². The van der Waals surface area contributed by atoms with E-state index >= 15 is 0 Å². The normalized spacial score (nSPS) is 11.6. The van der Waals surface area contributed by atoms with Gasteiger partial charge in [0, 0.05) is 5.56 Å². The van der Waals surface area contributed by atoms with Crippen LogP contribution in [0.4, 0.5) is 0 Å². The maximum absolute atomic E-state index is 12.7. The number of amides is 1. The summed E-state index contributed by atoms with van der Waals surface area (Å²) in [6.45, 7) is 6.85. The fourth-order valence-corrected chi connectivity index (χ4v) is 2.90. The third-order valence-corrected chi connectivity index (χ3v) is 4.39. The number of para-hydroxylation sites is 1. The molecule has 0 radical (unpaired) electrons. The Labute approximate surface area is 176 Å². The molecule has 1 N–H and O–H groups in total. The number of carbonyl (C=O) groups excluding carboxylic acids is 1. The SMILES string of the molecule is CCOc1cc(C(=O)NC(C)c2ccc(C)o2)ccc1OCCOc1ccccc1. The van der Waals surface area contributed by atoms with Crippen molar-refractivity contribution in [1.82, 2.24) is 5.32 Å². The summed E-state index contributed by atoms with van der Waals surface area (Å²) in [5, 5.41) is 2.94. The van der Waals surface area contributed by atoms with Crippen molar-refractivity contribution in [3.05, 3.63) is 77.7 Å². The lowest BCUT2D eigenvalue weighted by Crippen LogP contribution is -2.26. The molecule has 1 atom stereocenters. The first-order valence-corrected chi connectivity index (χ1v) is 10.0. The summed E-state index contributed by atoms with van der Waals surface area (Å²) in [7, 11) is 0. The Morgan fingerprint density at radius 1 is 0.967 bits per heavy atom. The summed E-state index contributed by atoms with van der Waals surface area (Å²) >= 11 is 0. The van der Waals surface area contributed by atoms with Crippen LogP contribution >= 0.6 is 0 Å². The average molecular weight is 409 g/mol. The van der Waals surface area contributed by atoms with Gasteiger partial charge in [-0.1, -0.05) is 18.2 Å². The molecule has 3 rings (SSSR count). The lowest BCUT2D eigenvalue weighted by atomic mass is 10.1. The van der Waals surface area contributed by atoms with Crippen molar-refractivity contribution in [3.8, 4) is 17.2 Å². The standard InChI is InChI=1S/C24H27NO5/c1-4-27-23-16-19(24(26)25-18(3)21-12-10-17(2)30-21)11-13-22(23)29-15-14-28-20-8-6-5-7-9-20/h5-13,16,18H,4,14-15H2,1-3H3,(H,25,26). The van der Waals surface area contributed by atoms with E-state index in [0.29, 0.717) is 42.6 Å². The van der Waals surface area contributed by atoms with Crippen LogP contribution in [0, 0.1) is 6.92 Å². The smallest absolute Gasteiger partial charge is 0.252 e. The predicted octanol–water partition coefficient (Wildman–Crippen LogP) is 4.94. The van der Waals surface area contributed by atoms with Gasteiger partial charge in [-0.25, -0.2) is 0 Å². The number of nitrogens with one attached hydrogen (secondary N) is 1. The molecule has 1 amide bonds. The molecular formula is C24H27NO5. The van der Waals surface area contributed by atoms with E-state index in [1.165, 1.54) is 0 Å². The summed E-state index contributed by atoms with van der Waals surface area (Å²) in [6.07, 6.45) is 0. The number of furan rings is 1. The fourth-order valence-electron chi connectivity index (χ4n) is 2.90. The van der Waals surface area contributed by atoms with Crippen LogP contribution in [0.2, 0.25) is 0 Å². The van der Waals surface area contributed by atoms with Crippen LogP contribution in [-0.2, 0) is 0 Å². The number of hydrogen-bond acceptors (Lipinski definition) is 5. The van der Waals surface area contributed by atoms with Gasteiger partial charge in [-0.15, -0.1) is 0 Å². The highest BCUT2D eigenvalue weighted by molar-refractivity contribution is 5.95. The molecule has 0 aliphatic heterocycles. The van der Waals surface area contributed by atoms with E-state index < -0.39 is 0 Å². The molecule has 0 aliphatic carbocycles. The van der Waals surface area contributed by atoms with Crippen LogP contribution in [0.15, 0.2) is 65.1 Å². The molecule has 0 spiro atoms. The van der Waals surface area contributed by atoms with Gasteiger partial charge in [-0.2, -0.15) is 0 Å². The first-order chi connectivity index (χ1) is 14.6. The van der Waals surface area contributed by atoms with Crippen molar-refractivity contribution < 1.29 is 23.4 Å². The Bertz CT molecular complexity index is 951. The van der Waals surface area contributed by atoms with Gasteiger partial charge in [0.15, 0.2) is 11.5 Å². The van der Waals surface area contributed by atoms with Gasteiger partial charge in [0.2, 0.25) is 0 Å². The first-order valence-electron chi connectivity index (χ1n) is 10.0. The molecule has 6 heteroatoms. The lowest BCUT2D eigenvalue weighted by Gasteiger charge is -2.15. The Morgan fingerprint density at radius 2 is 1.73 bits per heavy atom. The zero-order valence-electron chi connectivity index (χ0n) is 17.5. The molecule has 3 aromatic rings. The van der Waals surface area contributed by atoms with Gasteiger partial charge in [0.05, 0.1) is 12.6 Å². The number of benzene rings is 2. The summed E-state index contributed by atoms with van der Waals surface area (Å²) in [4.78, 5) is 12.7. The van der Waals surface area contributed by atoms with Crippen molar-refractivity contribution in [2.24, 2.45) is 0 Å². The summed E-state index contributed by atoms with van der Waals surface area (Å²) in [5.41, 5.74) is 0.487. The molecule has 0 aliphatic rings. The maximum atomic E-state index is 12.7. The van der Waals surface area contributed by atoms with Crippen LogP contribution in [0.25, 0.3) is 0 Å². The van der Waals surface area contributed by atoms with Crippen molar-refractivity contribution in [1.29, 1.82) is 0 Å². The molecular weight excluding hydrogens is 382 g/mol. The minimum Gasteiger partial charge on any atom is -0.490 e. The maximum Gasteiger partial charge on any atom is 0.252 e. The molecule has 2 aromatic carbocycles. The van der Waals surface area contributed by atoms with E-state index in [4.69, 9.17) is 18.6 Å². The highest BCUT2D eigenvalue weighted by Crippen LogP contribution is 2.29. The van der Waals surface area contributed by atoms with Crippen molar-refractivity contribution >= 4 is 5.91 Å². The molecule has 1 unspecified atom stereocenters. The van der Waals surface area contributed by atoms with E-state index in [-0.39, 0.29) is 11.9 Å². The van der Waals surface area contributed by atoms with E-state index in [1.54, 1.807) is 18.2 Å². The quantitative estimate of drug-likeness (QED) is 0.481. The number of ether oxygens (including phenoxy) is 3. The highest BCUT2D eigenvalue weighted by atomic mass is 16.5. The molecule has 6 nitrogen and oxygen atoms in total. The molecule has 158 valence electrons. The zero-order valence-corrected chi connectivity index (χ0v) is 17.5. The molecule has 0 saturated carbocycles. The van der Waals surface area contributed by atoms with Crippen LogP contribution in [-0.4, -0.2) is 25.7 Å². The van der Waals surface area contributed by atoms with E-state index in [9.17, 15) is 4.79 Å². The molecule has 0 bridgehead atoms. The minimum absolute atomic E-state index is 0.212. The van der Waals surface area contributed by atoms with E-state index in [2.05, 4.69) is 5.32 Å². The third-order valence-electron chi connectivity index (χ3n) is 4.39. The second-order valence-electron chi connectivity index (χ2n) is 6.75. The Hall–Kier alpha value is -3.41. The zero-order chi connectivity index (χ0) is 21.3. The fraction of sp³-hybridized carbons (Fsp3) is 0.292. The summed E-state index contributed by atoms with van der Waals surface area (Å²) in [6, 6.07) is 18.2. The van der Waals surface area contributed by atoms with Gasteiger partial charge >= 0.3 is 0 Å². The van der Waals surface area contributed by atoms with E-state index in [1.807, 2.05) is 63.2 Å². The first kappa shape index (κ1) is 21.3. The van der Waals surface area contributed by atoms with Crippen molar-refractivity contribution in [2.45, 2.75) is 26.8 Å².